The smallest absolute Gasteiger partial charge is 0.143 e. The fourth-order valence-electron chi connectivity index (χ4n) is 3.99. The molecular weight excluding hydrogens is 314 g/mol. The van der Waals surface area contributed by atoms with E-state index in [2.05, 4.69) is 30.8 Å². The second-order valence-corrected chi connectivity index (χ2v) is 8.10. The molecule has 0 radical (unpaired) electrons. The third-order valence-electron chi connectivity index (χ3n) is 5.64. The number of hydrogen-bond donors (Lipinski definition) is 0. The van der Waals surface area contributed by atoms with Gasteiger partial charge in [0.15, 0.2) is 0 Å². The molecule has 0 N–H and O–H groups in total. The predicted octanol–water partition coefficient (Wildman–Crippen LogP) is 5.44. The van der Waals surface area contributed by atoms with Gasteiger partial charge in [0.1, 0.15) is 11.5 Å². The van der Waals surface area contributed by atoms with Gasteiger partial charge in [0, 0.05) is 17.9 Å². The van der Waals surface area contributed by atoms with E-state index in [4.69, 9.17) is 10.3 Å². The summed E-state index contributed by atoms with van der Waals surface area (Å²) in [5, 5.41) is 3.65. The maximum atomic E-state index is 13.1. The van der Waals surface area contributed by atoms with Gasteiger partial charge in [0.2, 0.25) is 0 Å². The quantitative estimate of drug-likeness (QED) is 0.298. The van der Waals surface area contributed by atoms with Crippen LogP contribution in [0.25, 0.3) is 10.4 Å². The van der Waals surface area contributed by atoms with Gasteiger partial charge in [-0.2, -0.15) is 0 Å². The van der Waals surface area contributed by atoms with Crippen molar-refractivity contribution in [3.63, 3.8) is 0 Å². The first-order chi connectivity index (χ1) is 11.8. The minimum absolute atomic E-state index is 0.170. The van der Waals surface area contributed by atoms with Crippen LogP contribution < -0.4 is 4.74 Å². The van der Waals surface area contributed by atoms with E-state index in [0.717, 1.165) is 37.0 Å². The maximum absolute atomic E-state index is 13.1. The Morgan fingerprint density at radius 1 is 1.32 bits per heavy atom. The fourth-order valence-corrected chi connectivity index (χ4v) is 3.99. The summed E-state index contributed by atoms with van der Waals surface area (Å²) in [5.41, 5.74) is 9.27. The molecular formula is C20H29N3O2. The number of carbonyl (C=O) groups excluding carboxylic acids is 1. The monoisotopic (exact) mass is 343 g/mol. The molecule has 0 spiro atoms. The van der Waals surface area contributed by atoms with Crippen LogP contribution >= 0.6 is 0 Å². The summed E-state index contributed by atoms with van der Waals surface area (Å²) in [7, 11) is 1.64. The van der Waals surface area contributed by atoms with Gasteiger partial charge in [-0.15, -0.1) is 0 Å². The lowest BCUT2D eigenvalue weighted by molar-refractivity contribution is -0.129. The zero-order valence-electron chi connectivity index (χ0n) is 15.8. The highest BCUT2D eigenvalue weighted by atomic mass is 16.5. The molecule has 1 saturated carbocycles. The largest absolute Gasteiger partial charge is 0.497 e. The summed E-state index contributed by atoms with van der Waals surface area (Å²) >= 11 is 0. The molecule has 0 aliphatic heterocycles. The number of benzene rings is 1. The molecule has 1 aromatic carbocycles. The van der Waals surface area contributed by atoms with E-state index >= 15 is 0 Å². The molecule has 2 atom stereocenters. The van der Waals surface area contributed by atoms with Crippen molar-refractivity contribution in [1.82, 2.24) is 0 Å². The number of azide groups is 1. The Kier molecular flexibility index (Phi) is 6.12. The fraction of sp³-hybridized carbons (Fsp3) is 0.650. The summed E-state index contributed by atoms with van der Waals surface area (Å²) in [4.78, 5) is 15.9. The Morgan fingerprint density at radius 2 is 2.00 bits per heavy atom. The van der Waals surface area contributed by atoms with Crippen molar-refractivity contribution in [2.75, 3.05) is 13.7 Å². The Bertz CT molecular complexity index is 642. The molecule has 1 fully saturated rings. The van der Waals surface area contributed by atoms with Crippen molar-refractivity contribution in [2.45, 2.75) is 58.3 Å². The molecule has 0 bridgehead atoms. The van der Waals surface area contributed by atoms with Crippen molar-refractivity contribution in [3.8, 4) is 5.75 Å². The van der Waals surface area contributed by atoms with Crippen molar-refractivity contribution in [2.24, 2.45) is 16.4 Å². The zero-order chi connectivity index (χ0) is 18.5. The normalized spacial score (nSPS) is 23.8. The molecule has 1 aliphatic rings. The first kappa shape index (κ1) is 19.3. The average Bonchev–Trinajstić information content (AvgIpc) is 2.59. The van der Waals surface area contributed by atoms with Gasteiger partial charge in [0.25, 0.3) is 0 Å². The first-order valence-corrected chi connectivity index (χ1v) is 9.02. The number of carbonyl (C=O) groups is 1. The Morgan fingerprint density at radius 3 is 2.56 bits per heavy atom. The zero-order valence-corrected chi connectivity index (χ0v) is 15.8. The van der Waals surface area contributed by atoms with E-state index in [-0.39, 0.29) is 5.41 Å². The molecule has 25 heavy (non-hydrogen) atoms. The van der Waals surface area contributed by atoms with E-state index < -0.39 is 5.41 Å². The highest BCUT2D eigenvalue weighted by Gasteiger charge is 2.46. The highest BCUT2D eigenvalue weighted by molar-refractivity contribution is 5.91. The standard InChI is InChI=1S/C20H29N3O2/c1-19(2,3)16-8-11-18(24)20(14-16,12-5-13-22-23-21)15-6-9-17(25-4)10-7-15/h6-7,9-10,16H,5,8,11-14H2,1-4H3/t16-,20+/m1/s1. The van der Waals surface area contributed by atoms with Crippen LogP contribution in [0.5, 0.6) is 5.75 Å². The molecule has 5 heteroatoms. The van der Waals surface area contributed by atoms with E-state index in [0.29, 0.717) is 24.7 Å². The van der Waals surface area contributed by atoms with Crippen LogP contribution in [0.3, 0.4) is 0 Å². The van der Waals surface area contributed by atoms with Crippen molar-refractivity contribution >= 4 is 5.78 Å². The molecule has 0 heterocycles. The van der Waals surface area contributed by atoms with E-state index in [9.17, 15) is 4.79 Å². The van der Waals surface area contributed by atoms with Crippen molar-refractivity contribution in [3.05, 3.63) is 40.3 Å². The van der Waals surface area contributed by atoms with Crippen LogP contribution in [0.15, 0.2) is 29.4 Å². The second-order valence-electron chi connectivity index (χ2n) is 8.10. The van der Waals surface area contributed by atoms with Gasteiger partial charge in [-0.25, -0.2) is 0 Å². The van der Waals surface area contributed by atoms with Crippen LogP contribution in [-0.2, 0) is 10.2 Å². The molecule has 0 amide bonds. The molecule has 0 aromatic heterocycles. The number of ketones is 1. The first-order valence-electron chi connectivity index (χ1n) is 9.02. The number of nitrogens with zero attached hydrogens (tertiary/aromatic N) is 3. The number of rotatable bonds is 6. The van der Waals surface area contributed by atoms with Crippen LogP contribution in [0.2, 0.25) is 0 Å². The minimum Gasteiger partial charge on any atom is -0.497 e. The summed E-state index contributed by atoms with van der Waals surface area (Å²) in [6, 6.07) is 7.90. The van der Waals surface area contributed by atoms with Gasteiger partial charge in [-0.3, -0.25) is 4.79 Å². The third-order valence-corrected chi connectivity index (χ3v) is 5.64. The van der Waals surface area contributed by atoms with Crippen LogP contribution in [-0.4, -0.2) is 19.4 Å². The van der Waals surface area contributed by atoms with Gasteiger partial charge in [-0.05, 0) is 60.2 Å². The Balaban J connectivity index is 2.38. The lowest BCUT2D eigenvalue weighted by atomic mass is 9.58. The number of hydrogen-bond acceptors (Lipinski definition) is 3. The third kappa shape index (κ3) is 4.35. The molecule has 2 rings (SSSR count). The van der Waals surface area contributed by atoms with Crippen LogP contribution in [0.4, 0.5) is 0 Å². The van der Waals surface area contributed by atoms with E-state index in [1.807, 2.05) is 24.3 Å². The lowest BCUT2D eigenvalue weighted by Crippen LogP contribution is -2.44. The summed E-state index contributed by atoms with van der Waals surface area (Å²) < 4.78 is 5.26. The number of methoxy groups -OCH3 is 1. The molecule has 136 valence electrons. The van der Waals surface area contributed by atoms with Gasteiger partial charge >= 0.3 is 0 Å². The predicted molar refractivity (Wildman–Crippen MR) is 99.7 cm³/mol. The SMILES string of the molecule is COc1ccc([C@]2(CCCN=[N+]=[N-])C[C@H](C(C)(C)C)CCC2=O)cc1. The van der Waals surface area contributed by atoms with Gasteiger partial charge in [-0.1, -0.05) is 38.0 Å². The number of Topliss-reactive ketones (excluding diaryl/α,β-unsaturated/α-hetero) is 1. The molecule has 1 aromatic rings. The number of ether oxygens (including phenoxy) is 1. The molecule has 1 aliphatic carbocycles. The topological polar surface area (TPSA) is 75.1 Å². The summed E-state index contributed by atoms with van der Waals surface area (Å²) in [6.45, 7) is 7.20. The van der Waals surface area contributed by atoms with E-state index in [1.54, 1.807) is 7.11 Å². The van der Waals surface area contributed by atoms with Crippen LogP contribution in [0, 0.1) is 11.3 Å². The van der Waals surface area contributed by atoms with Gasteiger partial charge < -0.3 is 4.74 Å². The average molecular weight is 343 g/mol. The second kappa shape index (κ2) is 7.92. The Hall–Kier alpha value is -2.00. The Labute approximate surface area is 150 Å². The molecule has 0 saturated heterocycles. The summed E-state index contributed by atoms with van der Waals surface area (Å²) in [6.07, 6.45) is 3.88. The summed E-state index contributed by atoms with van der Waals surface area (Å²) in [5.74, 6) is 1.61. The van der Waals surface area contributed by atoms with Crippen LogP contribution in [0.1, 0.15) is 58.4 Å². The molecule has 0 unspecified atom stereocenters. The molecule has 5 nitrogen and oxygen atoms in total. The van der Waals surface area contributed by atoms with Gasteiger partial charge in [0.05, 0.1) is 12.5 Å². The minimum atomic E-state index is -0.479. The van der Waals surface area contributed by atoms with E-state index in [1.165, 1.54) is 0 Å². The highest BCUT2D eigenvalue weighted by Crippen LogP contribution is 2.48. The van der Waals surface area contributed by atoms with Crippen molar-refractivity contribution < 1.29 is 9.53 Å². The van der Waals surface area contributed by atoms with Crippen molar-refractivity contribution in [1.29, 1.82) is 0 Å². The maximum Gasteiger partial charge on any atom is 0.143 e. The lowest BCUT2D eigenvalue weighted by Gasteiger charge is -2.45.